The van der Waals surface area contributed by atoms with Gasteiger partial charge in [0.1, 0.15) is 29.1 Å². The van der Waals surface area contributed by atoms with E-state index in [1.165, 1.54) is 0 Å². The molecule has 6 heteroatoms. The summed E-state index contributed by atoms with van der Waals surface area (Å²) in [5.74, 6) is -4.68. The Labute approximate surface area is 120 Å². The summed E-state index contributed by atoms with van der Waals surface area (Å²) in [6.07, 6.45) is 4.62. The zero-order chi connectivity index (χ0) is 15.4. The monoisotopic (exact) mass is 296 g/mol. The smallest absolute Gasteiger partial charge is 0.258 e. The normalized spacial score (nSPS) is 17.0. The van der Waals surface area contributed by atoms with E-state index in [1.54, 1.807) is 0 Å². The first kappa shape index (κ1) is 15.4. The predicted molar refractivity (Wildman–Crippen MR) is 69.8 cm³/mol. The Balaban J connectivity index is 2.15. The molecule has 1 amide bonds. The molecule has 0 saturated heterocycles. The summed E-state index contributed by atoms with van der Waals surface area (Å²) in [7, 11) is 0. The second kappa shape index (κ2) is 6.61. The van der Waals surface area contributed by atoms with E-state index in [0.29, 0.717) is 12.1 Å². The Morgan fingerprint density at radius 1 is 1.19 bits per heavy atom. The molecule has 0 spiro atoms. The van der Waals surface area contributed by atoms with Crippen molar-refractivity contribution in [1.82, 2.24) is 5.32 Å². The van der Waals surface area contributed by atoms with Gasteiger partial charge < -0.3 is 5.32 Å². The molecule has 2 rings (SSSR count). The van der Waals surface area contributed by atoms with Gasteiger partial charge in [-0.25, -0.2) is 13.2 Å². The molecular weight excluding hydrogens is 281 g/mol. The number of carbonyl (C=O) groups excluding carboxylic acids is 1. The van der Waals surface area contributed by atoms with Crippen molar-refractivity contribution in [2.45, 2.75) is 38.1 Å². The van der Waals surface area contributed by atoms with E-state index in [4.69, 9.17) is 5.26 Å². The third-order valence-corrected chi connectivity index (χ3v) is 3.78. The maximum Gasteiger partial charge on any atom is 0.258 e. The van der Waals surface area contributed by atoms with Crippen molar-refractivity contribution >= 4 is 5.91 Å². The highest BCUT2D eigenvalue weighted by Gasteiger charge is 2.27. The molecule has 0 aromatic heterocycles. The number of nitrogens with one attached hydrogen (secondary N) is 1. The van der Waals surface area contributed by atoms with E-state index >= 15 is 0 Å². The predicted octanol–water partition coefficient (Wildman–Crippen LogP) is 3.31. The summed E-state index contributed by atoms with van der Waals surface area (Å²) < 4.78 is 39.9. The highest BCUT2D eigenvalue weighted by Crippen LogP contribution is 2.26. The van der Waals surface area contributed by atoms with E-state index < -0.39 is 35.0 Å². The molecule has 1 aliphatic carbocycles. The van der Waals surface area contributed by atoms with Crippen LogP contribution in [0.4, 0.5) is 13.2 Å². The van der Waals surface area contributed by atoms with Crippen LogP contribution in [0, 0.1) is 34.7 Å². The Bertz CT molecular complexity index is 554. The number of hydrogen-bond acceptors (Lipinski definition) is 2. The minimum atomic E-state index is -1.27. The standard InChI is InChI=1S/C15H15F3N2O/c16-10-6-11(17)14(12(18)7-10)15(21)20-13(8-19)9-4-2-1-3-5-9/h6-7,9,13H,1-5H2,(H,20,21). The van der Waals surface area contributed by atoms with Gasteiger partial charge in [0, 0.05) is 12.1 Å². The van der Waals surface area contributed by atoms with Gasteiger partial charge in [0.05, 0.1) is 6.07 Å². The lowest BCUT2D eigenvalue weighted by molar-refractivity contribution is 0.0920. The van der Waals surface area contributed by atoms with Crippen molar-refractivity contribution < 1.29 is 18.0 Å². The average molecular weight is 296 g/mol. The van der Waals surface area contributed by atoms with Gasteiger partial charge in [-0.05, 0) is 18.8 Å². The maximum absolute atomic E-state index is 13.5. The van der Waals surface area contributed by atoms with Crippen molar-refractivity contribution in [2.75, 3.05) is 0 Å². The van der Waals surface area contributed by atoms with Crippen molar-refractivity contribution in [1.29, 1.82) is 5.26 Å². The topological polar surface area (TPSA) is 52.9 Å². The van der Waals surface area contributed by atoms with Gasteiger partial charge in [-0.2, -0.15) is 5.26 Å². The second-order valence-electron chi connectivity index (χ2n) is 5.22. The van der Waals surface area contributed by atoms with Gasteiger partial charge in [0.15, 0.2) is 0 Å². The van der Waals surface area contributed by atoms with Gasteiger partial charge in [-0.15, -0.1) is 0 Å². The first-order chi connectivity index (χ1) is 10.0. The fraction of sp³-hybridized carbons (Fsp3) is 0.467. The van der Waals surface area contributed by atoms with Gasteiger partial charge in [0.25, 0.3) is 5.91 Å². The molecule has 1 aliphatic rings. The van der Waals surface area contributed by atoms with Crippen LogP contribution in [0.25, 0.3) is 0 Å². The number of amides is 1. The zero-order valence-corrected chi connectivity index (χ0v) is 11.3. The summed E-state index contributed by atoms with van der Waals surface area (Å²) >= 11 is 0. The Morgan fingerprint density at radius 2 is 1.76 bits per heavy atom. The number of benzene rings is 1. The highest BCUT2D eigenvalue weighted by atomic mass is 19.1. The molecule has 0 heterocycles. The maximum atomic E-state index is 13.5. The third kappa shape index (κ3) is 3.54. The molecule has 1 aromatic carbocycles. The molecule has 0 bridgehead atoms. The van der Waals surface area contributed by atoms with Gasteiger partial charge in [-0.3, -0.25) is 4.79 Å². The molecule has 1 N–H and O–H groups in total. The number of rotatable bonds is 3. The number of hydrogen-bond donors (Lipinski definition) is 1. The summed E-state index contributed by atoms with van der Waals surface area (Å²) in [5, 5.41) is 11.5. The van der Waals surface area contributed by atoms with Crippen LogP contribution in [-0.2, 0) is 0 Å². The first-order valence-corrected chi connectivity index (χ1v) is 6.88. The van der Waals surface area contributed by atoms with Crippen molar-refractivity contribution in [3.8, 4) is 6.07 Å². The lowest BCUT2D eigenvalue weighted by Gasteiger charge is -2.26. The van der Waals surface area contributed by atoms with Crippen LogP contribution < -0.4 is 5.32 Å². The first-order valence-electron chi connectivity index (χ1n) is 6.88. The number of nitriles is 1. The number of nitrogens with zero attached hydrogens (tertiary/aromatic N) is 1. The Hall–Kier alpha value is -2.03. The summed E-state index contributed by atoms with van der Waals surface area (Å²) in [4.78, 5) is 11.9. The van der Waals surface area contributed by atoms with Crippen LogP contribution in [0.15, 0.2) is 12.1 Å². The average Bonchev–Trinajstić information content (AvgIpc) is 2.44. The lowest BCUT2D eigenvalue weighted by atomic mass is 9.84. The van der Waals surface area contributed by atoms with Crippen molar-refractivity contribution in [2.24, 2.45) is 5.92 Å². The fourth-order valence-corrected chi connectivity index (χ4v) is 2.70. The van der Waals surface area contributed by atoms with Crippen molar-refractivity contribution in [3.63, 3.8) is 0 Å². The van der Waals surface area contributed by atoms with E-state index in [2.05, 4.69) is 5.32 Å². The molecule has 0 aliphatic heterocycles. The largest absolute Gasteiger partial charge is 0.336 e. The van der Waals surface area contributed by atoms with E-state index in [0.717, 1.165) is 32.1 Å². The molecule has 1 saturated carbocycles. The molecule has 21 heavy (non-hydrogen) atoms. The van der Waals surface area contributed by atoms with Crippen LogP contribution in [0.5, 0.6) is 0 Å². The minimum Gasteiger partial charge on any atom is -0.336 e. The summed E-state index contributed by atoms with van der Waals surface area (Å²) in [5.41, 5.74) is -0.854. The summed E-state index contributed by atoms with van der Waals surface area (Å²) in [6.45, 7) is 0. The van der Waals surface area contributed by atoms with Crippen LogP contribution >= 0.6 is 0 Å². The van der Waals surface area contributed by atoms with Crippen LogP contribution in [-0.4, -0.2) is 11.9 Å². The zero-order valence-electron chi connectivity index (χ0n) is 11.3. The molecule has 3 nitrogen and oxygen atoms in total. The number of carbonyl (C=O) groups is 1. The van der Waals surface area contributed by atoms with Crippen molar-refractivity contribution in [3.05, 3.63) is 35.1 Å². The van der Waals surface area contributed by atoms with Crippen LogP contribution in [0.3, 0.4) is 0 Å². The Kier molecular flexibility index (Phi) is 4.84. The quantitative estimate of drug-likeness (QED) is 0.930. The molecule has 1 unspecified atom stereocenters. The van der Waals surface area contributed by atoms with E-state index in [9.17, 15) is 18.0 Å². The van der Waals surface area contributed by atoms with Crippen LogP contribution in [0.2, 0.25) is 0 Å². The van der Waals surface area contributed by atoms with Gasteiger partial charge in [-0.1, -0.05) is 19.3 Å². The van der Waals surface area contributed by atoms with Gasteiger partial charge in [0.2, 0.25) is 0 Å². The number of halogens is 3. The SMILES string of the molecule is N#CC(NC(=O)c1c(F)cc(F)cc1F)C1CCCCC1. The minimum absolute atomic E-state index is 0.0146. The molecule has 1 fully saturated rings. The van der Waals surface area contributed by atoms with E-state index in [-0.39, 0.29) is 5.92 Å². The Morgan fingerprint density at radius 3 is 2.29 bits per heavy atom. The molecule has 1 aromatic rings. The fourth-order valence-electron chi connectivity index (χ4n) is 2.70. The molecule has 112 valence electrons. The highest BCUT2D eigenvalue weighted by molar-refractivity contribution is 5.95. The summed E-state index contributed by atoms with van der Waals surface area (Å²) in [6, 6.07) is 2.07. The van der Waals surface area contributed by atoms with Crippen LogP contribution in [0.1, 0.15) is 42.5 Å². The molecule has 0 radical (unpaired) electrons. The molecular formula is C15H15F3N2O. The van der Waals surface area contributed by atoms with Gasteiger partial charge >= 0.3 is 0 Å². The van der Waals surface area contributed by atoms with E-state index in [1.807, 2.05) is 6.07 Å². The molecule has 1 atom stereocenters. The lowest BCUT2D eigenvalue weighted by Crippen LogP contribution is -2.40. The second-order valence-corrected chi connectivity index (χ2v) is 5.22. The third-order valence-electron chi connectivity index (χ3n) is 3.78.